The molecule has 0 radical (unpaired) electrons. The summed E-state index contributed by atoms with van der Waals surface area (Å²) in [6, 6.07) is 8.72. The number of carbonyl (C=O) groups is 1. The fourth-order valence-corrected chi connectivity index (χ4v) is 3.11. The fraction of sp³-hybridized carbons (Fsp3) is 0.533. The standard InChI is InChI=1S/C15H20N2O/c1-11-5-4-8-17(11)15(18)13-9-12-6-2-3-7-14(12)16-10-13/h2-3,6-7,11,13,16H,4-5,8-10H2,1H3. The summed E-state index contributed by atoms with van der Waals surface area (Å²) in [6.07, 6.45) is 3.19. The molecule has 0 aliphatic carbocycles. The Kier molecular flexibility index (Phi) is 2.98. The number of likely N-dealkylation sites (tertiary alicyclic amines) is 1. The Morgan fingerprint density at radius 1 is 1.39 bits per heavy atom. The first kappa shape index (κ1) is 11.6. The van der Waals surface area contributed by atoms with Crippen molar-refractivity contribution in [3.8, 4) is 0 Å². The molecule has 1 saturated heterocycles. The molecule has 0 aromatic heterocycles. The number of carbonyl (C=O) groups excluding carboxylic acids is 1. The Morgan fingerprint density at radius 3 is 3.00 bits per heavy atom. The number of amides is 1. The number of hydrogen-bond acceptors (Lipinski definition) is 2. The molecule has 1 N–H and O–H groups in total. The van der Waals surface area contributed by atoms with Crippen LogP contribution >= 0.6 is 0 Å². The summed E-state index contributed by atoms with van der Waals surface area (Å²) in [5.74, 6) is 0.447. The van der Waals surface area contributed by atoms with E-state index in [0.29, 0.717) is 11.9 Å². The van der Waals surface area contributed by atoms with Crippen molar-refractivity contribution in [1.29, 1.82) is 0 Å². The summed E-state index contributed by atoms with van der Waals surface area (Å²) in [5, 5.41) is 3.38. The Labute approximate surface area is 108 Å². The first-order chi connectivity index (χ1) is 8.75. The molecule has 1 fully saturated rings. The van der Waals surface area contributed by atoms with Gasteiger partial charge in [0.1, 0.15) is 0 Å². The van der Waals surface area contributed by atoms with E-state index in [2.05, 4.69) is 29.3 Å². The largest absolute Gasteiger partial charge is 0.384 e. The maximum atomic E-state index is 12.5. The lowest BCUT2D eigenvalue weighted by atomic mass is 9.92. The third-order valence-electron chi connectivity index (χ3n) is 4.21. The molecule has 0 saturated carbocycles. The lowest BCUT2D eigenvalue weighted by molar-refractivity contribution is -0.135. The molecule has 1 aromatic rings. The van der Waals surface area contributed by atoms with E-state index in [-0.39, 0.29) is 5.92 Å². The molecule has 3 rings (SSSR count). The first-order valence-corrected chi connectivity index (χ1v) is 6.88. The SMILES string of the molecule is CC1CCCN1C(=O)C1CNc2ccccc2C1. The number of nitrogens with zero attached hydrogens (tertiary/aromatic N) is 1. The molecule has 2 unspecified atom stereocenters. The van der Waals surface area contributed by atoms with Crippen molar-refractivity contribution in [3.63, 3.8) is 0 Å². The zero-order valence-corrected chi connectivity index (χ0v) is 10.9. The maximum absolute atomic E-state index is 12.5. The zero-order chi connectivity index (χ0) is 12.5. The van der Waals surface area contributed by atoms with E-state index in [0.717, 1.165) is 32.4 Å². The average Bonchev–Trinajstić information content (AvgIpc) is 2.83. The molecule has 18 heavy (non-hydrogen) atoms. The Balaban J connectivity index is 1.74. The first-order valence-electron chi connectivity index (χ1n) is 6.88. The highest BCUT2D eigenvalue weighted by Gasteiger charge is 2.32. The van der Waals surface area contributed by atoms with Gasteiger partial charge in [0.2, 0.25) is 5.91 Å². The Morgan fingerprint density at radius 2 is 2.22 bits per heavy atom. The highest BCUT2D eigenvalue weighted by Crippen LogP contribution is 2.27. The smallest absolute Gasteiger partial charge is 0.228 e. The molecule has 3 nitrogen and oxygen atoms in total. The summed E-state index contributed by atoms with van der Waals surface area (Å²) in [5.41, 5.74) is 2.46. The molecule has 0 spiro atoms. The van der Waals surface area contributed by atoms with Crippen molar-refractivity contribution in [1.82, 2.24) is 4.90 Å². The van der Waals surface area contributed by atoms with E-state index in [1.807, 2.05) is 12.1 Å². The van der Waals surface area contributed by atoms with Crippen LogP contribution < -0.4 is 5.32 Å². The molecule has 2 heterocycles. The van der Waals surface area contributed by atoms with Crippen molar-refractivity contribution in [2.24, 2.45) is 5.92 Å². The van der Waals surface area contributed by atoms with Crippen LogP contribution in [0.3, 0.4) is 0 Å². The van der Waals surface area contributed by atoms with Crippen LogP contribution in [0.25, 0.3) is 0 Å². The molecule has 1 amide bonds. The zero-order valence-electron chi connectivity index (χ0n) is 10.9. The second kappa shape index (κ2) is 4.63. The van der Waals surface area contributed by atoms with Crippen LogP contribution in [0.5, 0.6) is 0 Å². The third-order valence-corrected chi connectivity index (χ3v) is 4.21. The van der Waals surface area contributed by atoms with Crippen LogP contribution in [0, 0.1) is 5.92 Å². The highest BCUT2D eigenvalue weighted by molar-refractivity contribution is 5.81. The molecule has 0 bridgehead atoms. The van der Waals surface area contributed by atoms with Crippen LogP contribution in [0.1, 0.15) is 25.3 Å². The minimum Gasteiger partial charge on any atom is -0.384 e. The van der Waals surface area contributed by atoms with Gasteiger partial charge >= 0.3 is 0 Å². The van der Waals surface area contributed by atoms with E-state index < -0.39 is 0 Å². The van der Waals surface area contributed by atoms with E-state index >= 15 is 0 Å². The third kappa shape index (κ3) is 1.98. The molecule has 2 atom stereocenters. The summed E-state index contributed by atoms with van der Waals surface area (Å²) < 4.78 is 0. The number of nitrogens with one attached hydrogen (secondary N) is 1. The fourth-order valence-electron chi connectivity index (χ4n) is 3.11. The molecule has 1 aromatic carbocycles. The lowest BCUT2D eigenvalue weighted by Gasteiger charge is -2.30. The minimum atomic E-state index is 0.112. The number of benzene rings is 1. The molecular formula is C15H20N2O. The monoisotopic (exact) mass is 244 g/mol. The molecule has 96 valence electrons. The molecule has 3 heteroatoms. The van der Waals surface area contributed by atoms with Gasteiger partial charge in [-0.15, -0.1) is 0 Å². The highest BCUT2D eigenvalue weighted by atomic mass is 16.2. The van der Waals surface area contributed by atoms with E-state index in [1.54, 1.807) is 0 Å². The van der Waals surface area contributed by atoms with Gasteiger partial charge < -0.3 is 10.2 Å². The number of hydrogen-bond donors (Lipinski definition) is 1. The van der Waals surface area contributed by atoms with E-state index in [1.165, 1.54) is 11.3 Å². The van der Waals surface area contributed by atoms with Crippen molar-refractivity contribution in [3.05, 3.63) is 29.8 Å². The molecule has 2 aliphatic rings. The van der Waals surface area contributed by atoms with Gasteiger partial charge in [0.15, 0.2) is 0 Å². The van der Waals surface area contributed by atoms with Gasteiger partial charge in [0.25, 0.3) is 0 Å². The van der Waals surface area contributed by atoms with Crippen LogP contribution in [-0.2, 0) is 11.2 Å². The summed E-state index contributed by atoms with van der Waals surface area (Å²) in [6.45, 7) is 3.88. The predicted octanol–water partition coefficient (Wildman–Crippen LogP) is 2.28. The molecule has 2 aliphatic heterocycles. The minimum absolute atomic E-state index is 0.112. The number of para-hydroxylation sites is 1. The van der Waals surface area contributed by atoms with Crippen molar-refractivity contribution in [2.75, 3.05) is 18.4 Å². The maximum Gasteiger partial charge on any atom is 0.228 e. The van der Waals surface area contributed by atoms with Crippen LogP contribution in [0.2, 0.25) is 0 Å². The van der Waals surface area contributed by atoms with Crippen molar-refractivity contribution in [2.45, 2.75) is 32.2 Å². The second-order valence-corrected chi connectivity index (χ2v) is 5.46. The summed E-state index contributed by atoms with van der Waals surface area (Å²) >= 11 is 0. The van der Waals surface area contributed by atoms with Gasteiger partial charge in [-0.25, -0.2) is 0 Å². The van der Waals surface area contributed by atoms with Gasteiger partial charge in [0.05, 0.1) is 5.92 Å². The quantitative estimate of drug-likeness (QED) is 0.822. The lowest BCUT2D eigenvalue weighted by Crippen LogP contribution is -2.42. The van der Waals surface area contributed by atoms with Crippen LogP contribution in [0.15, 0.2) is 24.3 Å². The van der Waals surface area contributed by atoms with Gasteiger partial charge in [-0.2, -0.15) is 0 Å². The normalized spacial score (nSPS) is 26.6. The average molecular weight is 244 g/mol. The van der Waals surface area contributed by atoms with Crippen LogP contribution in [-0.4, -0.2) is 29.9 Å². The van der Waals surface area contributed by atoms with Gasteiger partial charge in [-0.3, -0.25) is 4.79 Å². The number of anilines is 1. The van der Waals surface area contributed by atoms with Crippen LogP contribution in [0.4, 0.5) is 5.69 Å². The Hall–Kier alpha value is -1.51. The van der Waals surface area contributed by atoms with Crippen molar-refractivity contribution < 1.29 is 4.79 Å². The Bertz CT molecular complexity index is 458. The van der Waals surface area contributed by atoms with Gasteiger partial charge in [-0.05, 0) is 37.8 Å². The van der Waals surface area contributed by atoms with Crippen molar-refractivity contribution >= 4 is 11.6 Å². The molecular weight excluding hydrogens is 224 g/mol. The predicted molar refractivity (Wildman–Crippen MR) is 72.5 cm³/mol. The van der Waals surface area contributed by atoms with Gasteiger partial charge in [-0.1, -0.05) is 18.2 Å². The number of rotatable bonds is 1. The van der Waals surface area contributed by atoms with E-state index in [9.17, 15) is 4.79 Å². The summed E-state index contributed by atoms with van der Waals surface area (Å²) in [4.78, 5) is 14.6. The van der Waals surface area contributed by atoms with E-state index in [4.69, 9.17) is 0 Å². The number of fused-ring (bicyclic) bond motifs is 1. The second-order valence-electron chi connectivity index (χ2n) is 5.46. The summed E-state index contributed by atoms with van der Waals surface area (Å²) in [7, 11) is 0. The topological polar surface area (TPSA) is 32.3 Å². The van der Waals surface area contributed by atoms with Gasteiger partial charge in [0, 0.05) is 24.8 Å².